The fourth-order valence-corrected chi connectivity index (χ4v) is 0.994. The molecule has 0 aliphatic carbocycles. The Bertz CT molecular complexity index is 219. The van der Waals surface area contributed by atoms with E-state index in [-0.39, 0.29) is 5.41 Å². The van der Waals surface area contributed by atoms with Crippen LogP contribution in [0.25, 0.3) is 0 Å². The van der Waals surface area contributed by atoms with E-state index in [2.05, 4.69) is 36.2 Å². The van der Waals surface area contributed by atoms with Crippen LogP contribution in [0.3, 0.4) is 0 Å². The fraction of sp³-hybridized carbons (Fsp3) is 0.714. The molecule has 3 heteroatoms. The Morgan fingerprint density at radius 2 is 1.80 bits per heavy atom. The van der Waals surface area contributed by atoms with Crippen LogP contribution in [0.15, 0.2) is 0 Å². The maximum absolute atomic E-state index is 4.05. The van der Waals surface area contributed by atoms with Crippen LogP contribution in [0, 0.1) is 6.92 Å². The predicted molar refractivity (Wildman–Crippen MR) is 39.8 cm³/mol. The van der Waals surface area contributed by atoms with Crippen molar-refractivity contribution in [3.8, 4) is 0 Å². The third-order valence-corrected chi connectivity index (χ3v) is 1.43. The summed E-state index contributed by atoms with van der Waals surface area (Å²) >= 11 is 0. The van der Waals surface area contributed by atoms with Gasteiger partial charge in [-0.25, -0.2) is 0 Å². The minimum atomic E-state index is 0.108. The smallest absolute Gasteiger partial charge is 0.0907 e. The van der Waals surface area contributed by atoms with E-state index in [0.717, 1.165) is 11.4 Å². The average Bonchev–Trinajstić information content (AvgIpc) is 2.11. The molecule has 1 aromatic rings. The van der Waals surface area contributed by atoms with E-state index in [4.69, 9.17) is 0 Å². The highest BCUT2D eigenvalue weighted by atomic mass is 15.3. The Hall–Kier alpha value is -0.860. The number of nitrogens with one attached hydrogen (secondary N) is 1. The van der Waals surface area contributed by atoms with Crippen molar-refractivity contribution in [2.45, 2.75) is 33.1 Å². The van der Waals surface area contributed by atoms with Gasteiger partial charge >= 0.3 is 0 Å². The number of hydrogen-bond acceptors (Lipinski definition) is 2. The predicted octanol–water partition coefficient (Wildman–Crippen LogP) is 1.41. The first-order valence-corrected chi connectivity index (χ1v) is 3.39. The van der Waals surface area contributed by atoms with Gasteiger partial charge in [0.1, 0.15) is 0 Å². The molecule has 0 unspecified atom stereocenters. The summed E-state index contributed by atoms with van der Waals surface area (Å²) in [4.78, 5) is 0. The van der Waals surface area contributed by atoms with Gasteiger partial charge in [-0.05, 0) is 6.92 Å². The van der Waals surface area contributed by atoms with E-state index < -0.39 is 0 Å². The number of aromatic nitrogens is 3. The van der Waals surface area contributed by atoms with Gasteiger partial charge in [0, 0.05) is 5.41 Å². The average molecular weight is 139 g/mol. The molecule has 1 rings (SSSR count). The molecule has 0 atom stereocenters. The normalized spacial score (nSPS) is 12.0. The van der Waals surface area contributed by atoms with E-state index in [0.29, 0.717) is 0 Å². The number of hydrogen-bond donors (Lipinski definition) is 1. The molecule has 0 amide bonds. The lowest BCUT2D eigenvalue weighted by Gasteiger charge is -2.14. The summed E-state index contributed by atoms with van der Waals surface area (Å²) in [6, 6.07) is 0. The zero-order valence-corrected chi connectivity index (χ0v) is 6.89. The van der Waals surface area contributed by atoms with Crippen LogP contribution in [0.4, 0.5) is 0 Å². The molecule has 0 spiro atoms. The molecular formula is C7H13N3. The summed E-state index contributed by atoms with van der Waals surface area (Å²) in [5.41, 5.74) is 2.15. The van der Waals surface area contributed by atoms with Crippen molar-refractivity contribution < 1.29 is 0 Å². The SMILES string of the molecule is Cc1n[nH]nc1C(C)(C)C. The Kier molecular flexibility index (Phi) is 1.50. The van der Waals surface area contributed by atoms with Crippen molar-refractivity contribution in [1.29, 1.82) is 0 Å². The van der Waals surface area contributed by atoms with Crippen molar-refractivity contribution in [1.82, 2.24) is 15.4 Å². The van der Waals surface area contributed by atoms with Crippen LogP contribution in [-0.4, -0.2) is 15.4 Å². The van der Waals surface area contributed by atoms with E-state index in [1.807, 2.05) is 6.92 Å². The zero-order valence-electron chi connectivity index (χ0n) is 6.89. The molecule has 0 saturated carbocycles. The molecule has 0 aliphatic rings. The first kappa shape index (κ1) is 7.25. The Balaban J connectivity index is 3.05. The van der Waals surface area contributed by atoms with Crippen molar-refractivity contribution in [3.05, 3.63) is 11.4 Å². The molecule has 0 radical (unpaired) electrons. The molecule has 1 N–H and O–H groups in total. The van der Waals surface area contributed by atoms with Gasteiger partial charge in [0.2, 0.25) is 0 Å². The maximum atomic E-state index is 4.05. The Morgan fingerprint density at radius 3 is 2.00 bits per heavy atom. The van der Waals surface area contributed by atoms with Gasteiger partial charge in [-0.2, -0.15) is 15.4 Å². The van der Waals surface area contributed by atoms with Crippen molar-refractivity contribution in [2.24, 2.45) is 0 Å². The first-order chi connectivity index (χ1) is 4.52. The molecule has 0 saturated heterocycles. The molecule has 1 heterocycles. The molecule has 0 aromatic carbocycles. The maximum Gasteiger partial charge on any atom is 0.0907 e. The van der Waals surface area contributed by atoms with Crippen LogP contribution in [0.1, 0.15) is 32.2 Å². The first-order valence-electron chi connectivity index (χ1n) is 3.39. The fourth-order valence-electron chi connectivity index (χ4n) is 0.994. The number of nitrogens with zero attached hydrogens (tertiary/aromatic N) is 2. The van der Waals surface area contributed by atoms with Gasteiger partial charge in [0.15, 0.2) is 0 Å². The summed E-state index contributed by atoms with van der Waals surface area (Å²) in [5.74, 6) is 0. The van der Waals surface area contributed by atoms with Gasteiger partial charge in [-0.3, -0.25) is 0 Å². The third kappa shape index (κ3) is 1.17. The van der Waals surface area contributed by atoms with E-state index >= 15 is 0 Å². The molecule has 0 aliphatic heterocycles. The number of aromatic amines is 1. The van der Waals surface area contributed by atoms with E-state index in [9.17, 15) is 0 Å². The Morgan fingerprint density at radius 1 is 1.20 bits per heavy atom. The second-order valence-corrected chi connectivity index (χ2v) is 3.51. The topological polar surface area (TPSA) is 41.6 Å². The van der Waals surface area contributed by atoms with Crippen molar-refractivity contribution in [2.75, 3.05) is 0 Å². The summed E-state index contributed by atoms with van der Waals surface area (Å²) in [5, 5.41) is 10.6. The van der Waals surface area contributed by atoms with Crippen molar-refractivity contribution in [3.63, 3.8) is 0 Å². The lowest BCUT2D eigenvalue weighted by atomic mass is 9.91. The van der Waals surface area contributed by atoms with Crippen LogP contribution in [0.2, 0.25) is 0 Å². The highest BCUT2D eigenvalue weighted by molar-refractivity contribution is 5.15. The monoisotopic (exact) mass is 139 g/mol. The lowest BCUT2D eigenvalue weighted by Crippen LogP contribution is -2.13. The number of H-pyrrole nitrogens is 1. The van der Waals surface area contributed by atoms with Gasteiger partial charge in [0.25, 0.3) is 0 Å². The van der Waals surface area contributed by atoms with Crippen molar-refractivity contribution >= 4 is 0 Å². The largest absolute Gasteiger partial charge is 0.197 e. The second-order valence-electron chi connectivity index (χ2n) is 3.51. The lowest BCUT2D eigenvalue weighted by molar-refractivity contribution is 0.563. The highest BCUT2D eigenvalue weighted by Crippen LogP contribution is 2.20. The minimum absolute atomic E-state index is 0.108. The Labute approximate surface area is 60.8 Å². The summed E-state index contributed by atoms with van der Waals surface area (Å²) in [6.45, 7) is 8.33. The molecule has 3 nitrogen and oxygen atoms in total. The summed E-state index contributed by atoms with van der Waals surface area (Å²) in [7, 11) is 0. The van der Waals surface area contributed by atoms with E-state index in [1.54, 1.807) is 0 Å². The quantitative estimate of drug-likeness (QED) is 0.590. The molecule has 0 bridgehead atoms. The zero-order chi connectivity index (χ0) is 7.78. The van der Waals surface area contributed by atoms with Crippen LogP contribution in [-0.2, 0) is 5.41 Å². The standard InChI is InChI=1S/C7H13N3/c1-5-6(7(2,3)4)9-10-8-5/h1-4H3,(H,8,9,10). The molecule has 10 heavy (non-hydrogen) atoms. The van der Waals surface area contributed by atoms with Gasteiger partial charge < -0.3 is 0 Å². The van der Waals surface area contributed by atoms with Gasteiger partial charge in [0.05, 0.1) is 11.4 Å². The van der Waals surface area contributed by atoms with Crippen LogP contribution < -0.4 is 0 Å². The van der Waals surface area contributed by atoms with Gasteiger partial charge in [-0.1, -0.05) is 20.8 Å². The highest BCUT2D eigenvalue weighted by Gasteiger charge is 2.19. The van der Waals surface area contributed by atoms with Crippen LogP contribution >= 0.6 is 0 Å². The minimum Gasteiger partial charge on any atom is -0.197 e. The molecule has 1 aromatic heterocycles. The third-order valence-electron chi connectivity index (χ3n) is 1.43. The van der Waals surface area contributed by atoms with Gasteiger partial charge in [-0.15, -0.1) is 0 Å². The molecular weight excluding hydrogens is 126 g/mol. The number of aryl methyl sites for hydroxylation is 1. The molecule has 0 fully saturated rings. The summed E-state index contributed by atoms with van der Waals surface area (Å²) in [6.07, 6.45) is 0. The van der Waals surface area contributed by atoms with E-state index in [1.165, 1.54) is 0 Å². The second kappa shape index (κ2) is 2.08. The van der Waals surface area contributed by atoms with Crippen LogP contribution in [0.5, 0.6) is 0 Å². The molecule has 56 valence electrons. The number of rotatable bonds is 0. The summed E-state index contributed by atoms with van der Waals surface area (Å²) < 4.78 is 0.